The number of rotatable bonds is 8. The van der Waals surface area contributed by atoms with Crippen LogP contribution in [0.5, 0.6) is 5.75 Å². The Bertz CT molecular complexity index is 1180. The number of nitrogens with zero attached hydrogens (tertiary/aromatic N) is 2. The van der Waals surface area contributed by atoms with Gasteiger partial charge in [0, 0.05) is 23.5 Å². The molecular weight excluding hydrogens is 430 g/mol. The molecule has 0 atom stereocenters. The first-order chi connectivity index (χ1) is 15.1. The Morgan fingerprint density at radius 2 is 2.16 bits per heavy atom. The van der Waals surface area contributed by atoms with Crippen LogP contribution in [0.15, 0.2) is 46.9 Å². The lowest BCUT2D eigenvalue weighted by molar-refractivity contribution is -0.118. The molecule has 0 saturated carbocycles. The number of amides is 1. The summed E-state index contributed by atoms with van der Waals surface area (Å²) in [5, 5.41) is 4.23. The molecule has 1 aromatic carbocycles. The van der Waals surface area contributed by atoms with E-state index in [4.69, 9.17) is 9.72 Å². The second-order valence-corrected chi connectivity index (χ2v) is 9.39. The van der Waals surface area contributed by atoms with E-state index in [-0.39, 0.29) is 17.2 Å². The molecule has 0 spiro atoms. The van der Waals surface area contributed by atoms with Gasteiger partial charge in [-0.2, -0.15) is 0 Å². The van der Waals surface area contributed by atoms with Gasteiger partial charge in [-0.25, -0.2) is 4.98 Å². The van der Waals surface area contributed by atoms with Gasteiger partial charge in [-0.15, -0.1) is 17.9 Å². The van der Waals surface area contributed by atoms with Gasteiger partial charge in [0.05, 0.1) is 18.2 Å². The maximum Gasteiger partial charge on any atom is 0.263 e. The van der Waals surface area contributed by atoms with Crippen molar-refractivity contribution in [2.45, 2.75) is 43.9 Å². The first kappa shape index (κ1) is 21.6. The number of allylic oxidation sites excluding steroid dienone is 1. The summed E-state index contributed by atoms with van der Waals surface area (Å²) in [5.74, 6) is 0.792. The second kappa shape index (κ2) is 9.70. The molecule has 0 radical (unpaired) electrons. The zero-order valence-corrected chi connectivity index (χ0v) is 19.1. The van der Waals surface area contributed by atoms with E-state index >= 15 is 0 Å². The van der Waals surface area contributed by atoms with Gasteiger partial charge < -0.3 is 10.1 Å². The molecular formula is C23H25N3O3S2. The van der Waals surface area contributed by atoms with Crippen LogP contribution in [0.4, 0.5) is 0 Å². The van der Waals surface area contributed by atoms with Crippen LogP contribution in [0, 0.1) is 0 Å². The van der Waals surface area contributed by atoms with E-state index in [2.05, 4.69) is 11.9 Å². The van der Waals surface area contributed by atoms with Crippen LogP contribution in [0.2, 0.25) is 0 Å². The number of carbonyl (C=O) groups excluding carboxylic acids is 1. The highest BCUT2D eigenvalue weighted by molar-refractivity contribution is 7.99. The lowest BCUT2D eigenvalue weighted by Crippen LogP contribution is -2.27. The molecule has 3 aromatic rings. The third-order valence-electron chi connectivity index (χ3n) is 5.35. The van der Waals surface area contributed by atoms with E-state index in [1.807, 2.05) is 24.3 Å². The number of aryl methyl sites for hydroxylation is 2. The summed E-state index contributed by atoms with van der Waals surface area (Å²) in [7, 11) is 1.61. The average Bonchev–Trinajstić information content (AvgIpc) is 3.17. The van der Waals surface area contributed by atoms with Gasteiger partial charge in [0.2, 0.25) is 5.91 Å². The summed E-state index contributed by atoms with van der Waals surface area (Å²) in [6, 6.07) is 7.58. The molecule has 6 nitrogen and oxygen atoms in total. The van der Waals surface area contributed by atoms with Gasteiger partial charge >= 0.3 is 0 Å². The normalized spacial score (nSPS) is 13.1. The van der Waals surface area contributed by atoms with Gasteiger partial charge in [-0.3, -0.25) is 14.2 Å². The van der Waals surface area contributed by atoms with Gasteiger partial charge in [0.15, 0.2) is 5.16 Å². The van der Waals surface area contributed by atoms with Crippen LogP contribution < -0.4 is 15.6 Å². The largest absolute Gasteiger partial charge is 0.496 e. The highest BCUT2D eigenvalue weighted by Gasteiger charge is 2.22. The Labute approximate surface area is 189 Å². The summed E-state index contributed by atoms with van der Waals surface area (Å²) in [6.45, 7) is 4.54. The summed E-state index contributed by atoms with van der Waals surface area (Å²) >= 11 is 2.91. The molecule has 2 heterocycles. The molecule has 0 unspecified atom stereocenters. The van der Waals surface area contributed by atoms with E-state index in [1.165, 1.54) is 22.2 Å². The average molecular weight is 456 g/mol. The van der Waals surface area contributed by atoms with Crippen LogP contribution in [-0.4, -0.2) is 28.3 Å². The van der Waals surface area contributed by atoms with E-state index in [0.29, 0.717) is 18.2 Å². The lowest BCUT2D eigenvalue weighted by atomic mass is 9.97. The fourth-order valence-electron chi connectivity index (χ4n) is 3.84. The third-order valence-corrected chi connectivity index (χ3v) is 7.51. The number of benzene rings is 1. The van der Waals surface area contributed by atoms with Crippen molar-refractivity contribution >= 4 is 39.2 Å². The first-order valence-corrected chi connectivity index (χ1v) is 12.1. The number of hydrogen-bond donors (Lipinski definition) is 1. The summed E-state index contributed by atoms with van der Waals surface area (Å²) in [5.41, 5.74) is 2.06. The predicted molar refractivity (Wildman–Crippen MR) is 126 cm³/mol. The number of aromatic nitrogens is 2. The van der Waals surface area contributed by atoms with Gasteiger partial charge in [-0.1, -0.05) is 36.0 Å². The number of methoxy groups -OCH3 is 1. The molecule has 162 valence electrons. The van der Waals surface area contributed by atoms with Crippen molar-refractivity contribution < 1.29 is 9.53 Å². The summed E-state index contributed by atoms with van der Waals surface area (Å²) in [4.78, 5) is 32.6. The topological polar surface area (TPSA) is 73.2 Å². The monoisotopic (exact) mass is 455 g/mol. The molecule has 4 rings (SSSR count). The smallest absolute Gasteiger partial charge is 0.263 e. The Hall–Kier alpha value is -2.58. The van der Waals surface area contributed by atoms with Crippen LogP contribution in [-0.2, 0) is 30.7 Å². The lowest BCUT2D eigenvalue weighted by Gasteiger charge is -2.12. The minimum Gasteiger partial charge on any atom is -0.496 e. The Morgan fingerprint density at radius 1 is 1.35 bits per heavy atom. The molecule has 1 aliphatic carbocycles. The van der Waals surface area contributed by atoms with Crippen LogP contribution in [0.1, 0.15) is 28.8 Å². The molecule has 31 heavy (non-hydrogen) atoms. The molecule has 8 heteroatoms. The number of carbonyl (C=O) groups is 1. The first-order valence-electron chi connectivity index (χ1n) is 10.3. The van der Waals surface area contributed by atoms with Crippen LogP contribution >= 0.6 is 23.1 Å². The number of ether oxygens (including phenoxy) is 1. The number of thioether (sulfide) groups is 1. The number of fused-ring (bicyclic) bond motifs is 3. The van der Waals surface area contributed by atoms with Crippen molar-refractivity contribution in [3.05, 3.63) is 63.3 Å². The minimum atomic E-state index is -0.124. The Balaban J connectivity index is 1.52. The zero-order chi connectivity index (χ0) is 21.8. The van der Waals surface area contributed by atoms with Crippen LogP contribution in [0.25, 0.3) is 10.2 Å². The zero-order valence-electron chi connectivity index (χ0n) is 17.5. The quantitative estimate of drug-likeness (QED) is 0.316. The van der Waals surface area contributed by atoms with Gasteiger partial charge in [-0.05, 0) is 37.3 Å². The van der Waals surface area contributed by atoms with Crippen molar-refractivity contribution in [2.75, 3.05) is 12.9 Å². The summed E-state index contributed by atoms with van der Waals surface area (Å²) in [6.07, 6.45) is 5.93. The van der Waals surface area contributed by atoms with Crippen molar-refractivity contribution in [3.8, 4) is 5.75 Å². The number of nitrogens with one attached hydrogen (secondary N) is 1. The Morgan fingerprint density at radius 3 is 2.97 bits per heavy atom. The molecule has 0 saturated heterocycles. The van der Waals surface area contributed by atoms with E-state index < -0.39 is 0 Å². The molecule has 2 aromatic heterocycles. The van der Waals surface area contributed by atoms with E-state index in [0.717, 1.165) is 47.2 Å². The summed E-state index contributed by atoms with van der Waals surface area (Å²) < 4.78 is 6.96. The van der Waals surface area contributed by atoms with Gasteiger partial charge in [0.25, 0.3) is 5.56 Å². The highest BCUT2D eigenvalue weighted by atomic mass is 32.2. The molecule has 1 N–H and O–H groups in total. The number of para-hydroxylation sites is 1. The van der Waals surface area contributed by atoms with Crippen molar-refractivity contribution in [2.24, 2.45) is 0 Å². The minimum absolute atomic E-state index is 0.0266. The van der Waals surface area contributed by atoms with Crippen LogP contribution in [0.3, 0.4) is 0 Å². The molecule has 0 aliphatic heterocycles. The standard InChI is InChI=1S/C23H25N3O3S2/c1-3-12-26-22(28)20-16-9-5-7-11-18(16)31-21(20)25-23(26)30-14-19(27)24-13-15-8-4-6-10-17(15)29-2/h3-4,6,8,10H,1,5,7,9,11-14H2,2H3,(H,24,27). The van der Waals surface area contributed by atoms with E-state index in [9.17, 15) is 9.59 Å². The van der Waals surface area contributed by atoms with Crippen molar-refractivity contribution in [1.82, 2.24) is 14.9 Å². The third kappa shape index (κ3) is 4.55. The molecule has 1 aliphatic rings. The van der Waals surface area contributed by atoms with Gasteiger partial charge in [0.1, 0.15) is 10.6 Å². The molecule has 1 amide bonds. The number of thiophene rings is 1. The predicted octanol–water partition coefficient (Wildman–Crippen LogP) is 3.94. The SMILES string of the molecule is C=CCn1c(SCC(=O)NCc2ccccc2OC)nc2sc3c(c2c1=O)CCCC3. The fraction of sp³-hybridized carbons (Fsp3) is 0.348. The van der Waals surface area contributed by atoms with Crippen molar-refractivity contribution in [1.29, 1.82) is 0 Å². The second-order valence-electron chi connectivity index (χ2n) is 7.37. The van der Waals surface area contributed by atoms with E-state index in [1.54, 1.807) is 29.1 Å². The fourth-order valence-corrected chi connectivity index (χ4v) is 5.99. The molecule has 0 bridgehead atoms. The van der Waals surface area contributed by atoms with Crippen molar-refractivity contribution in [3.63, 3.8) is 0 Å². The maximum absolute atomic E-state index is 13.3. The highest BCUT2D eigenvalue weighted by Crippen LogP contribution is 2.34. The maximum atomic E-state index is 13.3. The Kier molecular flexibility index (Phi) is 6.77. The number of hydrogen-bond acceptors (Lipinski definition) is 6. The molecule has 0 fully saturated rings.